The van der Waals surface area contributed by atoms with E-state index in [1.807, 2.05) is 0 Å². The molecule has 0 bridgehead atoms. The monoisotopic (exact) mass is 971 g/mol. The molecule has 0 spiro atoms. The molecule has 0 aromatic heterocycles. The zero-order valence-corrected chi connectivity index (χ0v) is 30.8. The molecule has 1 aliphatic carbocycles. The summed E-state index contributed by atoms with van der Waals surface area (Å²) in [5.41, 5.74) is -10.3. The van der Waals surface area contributed by atoms with Crippen molar-refractivity contribution in [2.24, 2.45) is 17.8 Å². The van der Waals surface area contributed by atoms with E-state index in [0.717, 1.165) is 4.90 Å². The van der Waals surface area contributed by atoms with Crippen molar-refractivity contribution in [3.63, 3.8) is 0 Å². The van der Waals surface area contributed by atoms with Crippen LogP contribution in [0.3, 0.4) is 0 Å². The first-order valence-electron chi connectivity index (χ1n) is 11.7. The molecule has 2 amide bonds. The molecule has 296 valence electrons. The molecule has 1 saturated heterocycles. The van der Waals surface area contributed by atoms with Gasteiger partial charge in [-0.25, -0.2) is 26.5 Å². The number of rotatable bonds is 3. The minimum Gasteiger partial charge on any atom is -0.741 e. The summed E-state index contributed by atoms with van der Waals surface area (Å²) >= 11 is 0. The van der Waals surface area contributed by atoms with Crippen molar-refractivity contribution < 1.29 is 101 Å². The Morgan fingerprint density at radius 1 is 0.765 bits per heavy atom. The van der Waals surface area contributed by atoms with E-state index in [4.69, 9.17) is 35.4 Å². The van der Waals surface area contributed by atoms with Crippen molar-refractivity contribution in [1.29, 1.82) is 0 Å². The Balaban J connectivity index is -0.000000273. The van der Waals surface area contributed by atoms with E-state index in [0.29, 0.717) is 11.3 Å². The van der Waals surface area contributed by atoms with Gasteiger partial charge in [0.25, 0.3) is 0 Å². The maximum Gasteiger partial charge on any atom is 2.00 e. The number of carbonyl (C=O) groups excluding carboxylic acids is 4. The Bertz CT molecular complexity index is 1610. The standard InChI is InChI=1S/C21H20N2O6.2CHF3O3S.5H3N.Os/c1-22-10-9-12-13(20(26)28-2)15(21(27)29-3)14-16(17(12)22)19(25)23(18(14)24)11-7-5-4-6-8-11;2*2-1(3,4)8(5,6)7;;;;;;/h4-10,14-17H,1-3H3;2*(H,5,6,7);5*1H3;/q;;;;;;;;+2/p-2/t14-,15?,16-,17+;;;;;;;;/m0......../s1. The van der Waals surface area contributed by atoms with Gasteiger partial charge < -0.3 is 54.2 Å². The molecule has 51 heavy (non-hydrogen) atoms. The predicted octanol–water partition coefficient (Wildman–Crippen LogP) is 1.80. The van der Waals surface area contributed by atoms with Gasteiger partial charge in [0.1, 0.15) is 5.92 Å². The van der Waals surface area contributed by atoms with Crippen LogP contribution in [0.25, 0.3) is 0 Å². The molecule has 4 atom stereocenters. The molecule has 1 aromatic rings. The van der Waals surface area contributed by atoms with Gasteiger partial charge in [-0.2, -0.15) is 26.3 Å². The Morgan fingerprint density at radius 3 is 1.51 bits per heavy atom. The SMILES string of the molecule is COC(=O)C1=C2C=CN(C)[C@H]2[C@H]2C(=O)N(c3ccccc3)C(=O)[C@H]2C1C(=O)OC.N.N.N.N.N.O=S(=O)([O-])C(F)(F)F.O=S(=O)([O-])C(F)(F)F.[Os+2]. The largest absolute Gasteiger partial charge is 2.00 e. The van der Waals surface area contributed by atoms with Gasteiger partial charge in [-0.05, 0) is 30.0 Å². The van der Waals surface area contributed by atoms with Crippen LogP contribution in [-0.2, 0) is 68.7 Å². The molecular formula is C23H35F6N7O12OsS2. The van der Waals surface area contributed by atoms with Crippen molar-refractivity contribution in [1.82, 2.24) is 35.7 Å². The molecule has 1 fully saturated rings. The zero-order valence-electron chi connectivity index (χ0n) is 26.6. The molecule has 2 heterocycles. The third-order valence-electron chi connectivity index (χ3n) is 6.41. The molecule has 1 unspecified atom stereocenters. The van der Waals surface area contributed by atoms with Crippen molar-refractivity contribution in [2.75, 3.05) is 26.2 Å². The summed E-state index contributed by atoms with van der Waals surface area (Å²) in [6.45, 7) is 0. The van der Waals surface area contributed by atoms with Crippen LogP contribution >= 0.6 is 0 Å². The number of amides is 2. The van der Waals surface area contributed by atoms with Gasteiger partial charge in [-0.15, -0.1) is 0 Å². The average Bonchev–Trinajstić information content (AvgIpc) is 3.42. The van der Waals surface area contributed by atoms with Crippen LogP contribution < -0.4 is 35.7 Å². The van der Waals surface area contributed by atoms with E-state index in [2.05, 4.69) is 0 Å². The second kappa shape index (κ2) is 20.5. The molecule has 28 heteroatoms. The second-order valence-corrected chi connectivity index (χ2v) is 11.7. The number of methoxy groups -OCH3 is 2. The number of carbonyl (C=O) groups is 4. The van der Waals surface area contributed by atoms with E-state index >= 15 is 0 Å². The van der Waals surface area contributed by atoms with E-state index in [9.17, 15) is 45.5 Å². The first-order chi connectivity index (χ1) is 20.4. The van der Waals surface area contributed by atoms with Gasteiger partial charge in [0.2, 0.25) is 11.8 Å². The van der Waals surface area contributed by atoms with Crippen molar-refractivity contribution >= 4 is 49.7 Å². The Morgan fingerprint density at radius 2 is 1.16 bits per heavy atom. The fourth-order valence-corrected chi connectivity index (χ4v) is 4.64. The fourth-order valence-electron chi connectivity index (χ4n) is 4.64. The molecule has 0 radical (unpaired) electrons. The number of hydrogen-bond acceptors (Lipinski definition) is 18. The quantitative estimate of drug-likeness (QED) is 0.0947. The summed E-state index contributed by atoms with van der Waals surface area (Å²) in [4.78, 5) is 55.1. The number of hydrogen-bond donors (Lipinski definition) is 5. The average molecular weight is 970 g/mol. The normalized spacial score (nSPS) is 20.2. The number of esters is 2. The molecule has 19 nitrogen and oxygen atoms in total. The molecule has 0 saturated carbocycles. The second-order valence-electron chi connectivity index (χ2n) is 8.99. The van der Waals surface area contributed by atoms with Crippen LogP contribution in [-0.4, -0.2) is 92.9 Å². The number of halogens is 6. The topological polar surface area (TPSA) is 383 Å². The maximum absolute atomic E-state index is 13.4. The fraction of sp³-hybridized carbons (Fsp3) is 0.391. The minimum atomic E-state index is -6.09. The number of fused-ring (bicyclic) bond motifs is 3. The van der Waals surface area contributed by atoms with E-state index < -0.39 is 78.8 Å². The number of benzene rings is 1. The molecular weight excluding hydrogens is 935 g/mol. The Kier molecular flexibility index (Phi) is 22.8. The van der Waals surface area contributed by atoms with Crippen LogP contribution in [0.4, 0.5) is 32.0 Å². The van der Waals surface area contributed by atoms with Gasteiger partial charge in [0.15, 0.2) is 20.2 Å². The maximum atomic E-state index is 13.4. The van der Waals surface area contributed by atoms with Gasteiger partial charge >= 0.3 is 42.7 Å². The van der Waals surface area contributed by atoms with Crippen molar-refractivity contribution in [2.45, 2.75) is 17.1 Å². The van der Waals surface area contributed by atoms with Crippen LogP contribution in [0.15, 0.2) is 53.8 Å². The third-order valence-corrected chi connectivity index (χ3v) is 7.54. The van der Waals surface area contributed by atoms with E-state index in [1.165, 1.54) is 14.2 Å². The number of likely N-dealkylation sites (N-methyl/N-ethyl adjacent to an activating group) is 1. The van der Waals surface area contributed by atoms with Crippen LogP contribution in [0.2, 0.25) is 0 Å². The number of alkyl halides is 6. The van der Waals surface area contributed by atoms with E-state index in [-0.39, 0.29) is 56.1 Å². The Hall–Kier alpha value is -3.58. The van der Waals surface area contributed by atoms with Gasteiger partial charge in [0, 0.05) is 7.05 Å². The number of para-hydroxylation sites is 1. The minimum absolute atomic E-state index is 0. The van der Waals surface area contributed by atoms with Crippen molar-refractivity contribution in [3.05, 3.63) is 53.8 Å². The first-order valence-corrected chi connectivity index (χ1v) is 14.5. The summed E-state index contributed by atoms with van der Waals surface area (Å²) in [5.74, 6) is -5.48. The molecule has 1 aromatic carbocycles. The number of imide groups is 1. The van der Waals surface area contributed by atoms with Gasteiger partial charge in [-0.3, -0.25) is 14.4 Å². The summed E-state index contributed by atoms with van der Waals surface area (Å²) in [6, 6.07) is 8.01. The molecule has 3 aliphatic rings. The smallest absolute Gasteiger partial charge is 0.741 e. The first kappa shape index (κ1) is 56.8. The summed E-state index contributed by atoms with van der Waals surface area (Å²) in [7, 11) is -8.01. The number of anilines is 1. The summed E-state index contributed by atoms with van der Waals surface area (Å²) < 4.78 is 128. The number of ether oxygens (including phenoxy) is 2. The van der Waals surface area contributed by atoms with Crippen molar-refractivity contribution in [3.8, 4) is 0 Å². The van der Waals surface area contributed by atoms with E-state index in [1.54, 1.807) is 54.6 Å². The third kappa shape index (κ3) is 12.0. The zero-order chi connectivity index (χ0) is 34.9. The molecule has 2 aliphatic heterocycles. The van der Waals surface area contributed by atoms with Crippen LogP contribution in [0.5, 0.6) is 0 Å². The Labute approximate surface area is 300 Å². The van der Waals surface area contributed by atoms with Gasteiger partial charge in [-0.1, -0.05) is 18.2 Å². The number of nitrogens with zero attached hydrogens (tertiary/aromatic N) is 2. The van der Waals surface area contributed by atoms with Crippen LogP contribution in [0, 0.1) is 17.8 Å². The predicted molar refractivity (Wildman–Crippen MR) is 158 cm³/mol. The molecule has 4 rings (SSSR count). The summed E-state index contributed by atoms with van der Waals surface area (Å²) in [6.07, 6.45) is 3.41. The summed E-state index contributed by atoms with van der Waals surface area (Å²) in [5, 5.41) is 0. The molecule has 15 N–H and O–H groups in total. The van der Waals surface area contributed by atoms with Gasteiger partial charge in [0.05, 0.1) is 43.4 Å². The van der Waals surface area contributed by atoms with Crippen LogP contribution in [0.1, 0.15) is 0 Å².